The standard InChI is InChI=1S/C16H28O2/c1-3-5-7-9-11-15(13-14-16(17)18)12-10-8-6-4-2/h3,10,12,15H,1,4-9,11,13-14H2,2H3,(H,17,18). The van der Waals surface area contributed by atoms with E-state index in [0.717, 1.165) is 38.5 Å². The van der Waals surface area contributed by atoms with Gasteiger partial charge in [-0.25, -0.2) is 0 Å². The fourth-order valence-electron chi connectivity index (χ4n) is 1.95. The van der Waals surface area contributed by atoms with Crippen LogP contribution in [0.1, 0.15) is 64.7 Å². The molecule has 0 radical (unpaired) electrons. The lowest BCUT2D eigenvalue weighted by molar-refractivity contribution is -0.137. The lowest BCUT2D eigenvalue weighted by Gasteiger charge is -2.11. The van der Waals surface area contributed by atoms with Crippen LogP contribution in [0.5, 0.6) is 0 Å². The quantitative estimate of drug-likeness (QED) is 0.394. The Hall–Kier alpha value is -1.05. The Labute approximate surface area is 112 Å². The highest BCUT2D eigenvalue weighted by atomic mass is 16.4. The van der Waals surface area contributed by atoms with Gasteiger partial charge in [-0.15, -0.1) is 6.58 Å². The van der Waals surface area contributed by atoms with Crippen molar-refractivity contribution in [1.29, 1.82) is 0 Å². The number of hydrogen-bond donors (Lipinski definition) is 1. The third kappa shape index (κ3) is 11.4. The van der Waals surface area contributed by atoms with Crippen molar-refractivity contribution in [3.63, 3.8) is 0 Å². The molecule has 2 heteroatoms. The van der Waals surface area contributed by atoms with Crippen molar-refractivity contribution in [3.05, 3.63) is 24.8 Å². The van der Waals surface area contributed by atoms with Crippen LogP contribution in [-0.2, 0) is 4.79 Å². The van der Waals surface area contributed by atoms with E-state index in [0.29, 0.717) is 5.92 Å². The second kappa shape index (κ2) is 12.4. The molecule has 0 saturated heterocycles. The van der Waals surface area contributed by atoms with Crippen LogP contribution >= 0.6 is 0 Å². The molecule has 0 aromatic heterocycles. The minimum Gasteiger partial charge on any atom is -0.481 e. The van der Waals surface area contributed by atoms with Gasteiger partial charge < -0.3 is 5.11 Å². The highest BCUT2D eigenvalue weighted by Gasteiger charge is 2.07. The van der Waals surface area contributed by atoms with Gasteiger partial charge in [0.15, 0.2) is 0 Å². The summed E-state index contributed by atoms with van der Waals surface area (Å²) >= 11 is 0. The Bertz CT molecular complexity index is 243. The maximum Gasteiger partial charge on any atom is 0.303 e. The molecule has 0 fully saturated rings. The van der Waals surface area contributed by atoms with E-state index in [9.17, 15) is 4.79 Å². The highest BCUT2D eigenvalue weighted by Crippen LogP contribution is 2.18. The number of carboxylic acids is 1. The van der Waals surface area contributed by atoms with E-state index in [1.807, 2.05) is 6.08 Å². The van der Waals surface area contributed by atoms with Crippen molar-refractivity contribution >= 4 is 5.97 Å². The average Bonchev–Trinajstić information content (AvgIpc) is 2.35. The first-order chi connectivity index (χ1) is 8.70. The number of carboxylic acid groups (broad SMARTS) is 1. The number of allylic oxidation sites excluding steroid dienone is 3. The average molecular weight is 252 g/mol. The molecule has 0 saturated carbocycles. The molecule has 1 N–H and O–H groups in total. The summed E-state index contributed by atoms with van der Waals surface area (Å²) in [7, 11) is 0. The van der Waals surface area contributed by atoms with Gasteiger partial charge in [-0.3, -0.25) is 4.79 Å². The summed E-state index contributed by atoms with van der Waals surface area (Å²) in [5, 5.41) is 8.74. The van der Waals surface area contributed by atoms with E-state index < -0.39 is 5.97 Å². The molecule has 2 nitrogen and oxygen atoms in total. The normalized spacial score (nSPS) is 12.7. The Balaban J connectivity index is 3.94. The first-order valence-corrected chi connectivity index (χ1v) is 7.20. The van der Waals surface area contributed by atoms with Crippen LogP contribution < -0.4 is 0 Å². The fraction of sp³-hybridized carbons (Fsp3) is 0.688. The summed E-state index contributed by atoms with van der Waals surface area (Å²) in [5.74, 6) is -0.254. The molecule has 0 rings (SSSR count). The zero-order valence-corrected chi connectivity index (χ0v) is 11.7. The molecule has 0 aromatic rings. The molecule has 0 bridgehead atoms. The predicted molar refractivity (Wildman–Crippen MR) is 77.7 cm³/mol. The Morgan fingerprint density at radius 1 is 1.22 bits per heavy atom. The third-order valence-electron chi connectivity index (χ3n) is 3.09. The smallest absolute Gasteiger partial charge is 0.303 e. The molecule has 0 aliphatic rings. The van der Waals surface area contributed by atoms with Crippen molar-refractivity contribution in [2.24, 2.45) is 5.92 Å². The number of unbranched alkanes of at least 4 members (excludes halogenated alkanes) is 4. The summed E-state index contributed by atoms with van der Waals surface area (Å²) in [5.41, 5.74) is 0. The summed E-state index contributed by atoms with van der Waals surface area (Å²) in [6, 6.07) is 0. The van der Waals surface area contributed by atoms with E-state index in [1.54, 1.807) is 0 Å². The van der Waals surface area contributed by atoms with E-state index in [4.69, 9.17) is 5.11 Å². The lowest BCUT2D eigenvalue weighted by Crippen LogP contribution is -2.02. The summed E-state index contributed by atoms with van der Waals surface area (Å²) in [6.45, 7) is 5.90. The molecule has 104 valence electrons. The SMILES string of the molecule is C=CCCCCC(C=CCCCC)CCC(=O)O. The Morgan fingerprint density at radius 3 is 2.61 bits per heavy atom. The van der Waals surface area contributed by atoms with E-state index >= 15 is 0 Å². The lowest BCUT2D eigenvalue weighted by atomic mass is 9.95. The van der Waals surface area contributed by atoms with Crippen LogP contribution in [0, 0.1) is 5.92 Å². The molecule has 0 spiro atoms. The second-order valence-electron chi connectivity index (χ2n) is 4.84. The molecule has 1 unspecified atom stereocenters. The first-order valence-electron chi connectivity index (χ1n) is 7.20. The largest absolute Gasteiger partial charge is 0.481 e. The van der Waals surface area contributed by atoms with Gasteiger partial charge in [0, 0.05) is 6.42 Å². The zero-order chi connectivity index (χ0) is 13.6. The van der Waals surface area contributed by atoms with Gasteiger partial charge in [0.2, 0.25) is 0 Å². The number of carbonyl (C=O) groups is 1. The van der Waals surface area contributed by atoms with Gasteiger partial charge in [0.25, 0.3) is 0 Å². The molecular formula is C16H28O2. The van der Waals surface area contributed by atoms with Crippen molar-refractivity contribution in [2.45, 2.75) is 64.7 Å². The van der Waals surface area contributed by atoms with Gasteiger partial charge >= 0.3 is 5.97 Å². The topological polar surface area (TPSA) is 37.3 Å². The number of aliphatic carboxylic acids is 1. The molecule has 1 atom stereocenters. The number of hydrogen-bond acceptors (Lipinski definition) is 1. The molecule has 0 amide bonds. The molecule has 18 heavy (non-hydrogen) atoms. The minimum absolute atomic E-state index is 0.282. The molecule has 0 aliphatic heterocycles. The number of rotatable bonds is 12. The molecule has 0 heterocycles. The van der Waals surface area contributed by atoms with Crippen LogP contribution in [0.2, 0.25) is 0 Å². The van der Waals surface area contributed by atoms with Crippen LogP contribution in [0.25, 0.3) is 0 Å². The molecular weight excluding hydrogens is 224 g/mol. The van der Waals surface area contributed by atoms with Gasteiger partial charge in [-0.05, 0) is 38.0 Å². The van der Waals surface area contributed by atoms with Crippen molar-refractivity contribution in [1.82, 2.24) is 0 Å². The summed E-state index contributed by atoms with van der Waals surface area (Å²) in [6.07, 6.45) is 15.5. The summed E-state index contributed by atoms with van der Waals surface area (Å²) in [4.78, 5) is 10.6. The van der Waals surface area contributed by atoms with E-state index in [-0.39, 0.29) is 6.42 Å². The van der Waals surface area contributed by atoms with Gasteiger partial charge in [-0.2, -0.15) is 0 Å². The predicted octanol–water partition coefficient (Wildman–Crippen LogP) is 4.96. The maximum absolute atomic E-state index is 10.6. The highest BCUT2D eigenvalue weighted by molar-refractivity contribution is 5.66. The molecule has 0 aromatic carbocycles. The van der Waals surface area contributed by atoms with Gasteiger partial charge in [-0.1, -0.05) is 44.4 Å². The van der Waals surface area contributed by atoms with Crippen LogP contribution in [0.3, 0.4) is 0 Å². The second-order valence-corrected chi connectivity index (χ2v) is 4.84. The third-order valence-corrected chi connectivity index (χ3v) is 3.09. The molecule has 0 aliphatic carbocycles. The maximum atomic E-state index is 10.6. The summed E-state index contributed by atoms with van der Waals surface area (Å²) < 4.78 is 0. The van der Waals surface area contributed by atoms with Crippen molar-refractivity contribution in [2.75, 3.05) is 0 Å². The van der Waals surface area contributed by atoms with Crippen LogP contribution in [0.15, 0.2) is 24.8 Å². The van der Waals surface area contributed by atoms with Crippen LogP contribution in [0.4, 0.5) is 0 Å². The van der Waals surface area contributed by atoms with E-state index in [2.05, 4.69) is 25.7 Å². The minimum atomic E-state index is -0.687. The Kier molecular flexibility index (Phi) is 11.7. The van der Waals surface area contributed by atoms with Crippen molar-refractivity contribution < 1.29 is 9.90 Å². The van der Waals surface area contributed by atoms with E-state index in [1.165, 1.54) is 12.8 Å². The van der Waals surface area contributed by atoms with Gasteiger partial charge in [0.1, 0.15) is 0 Å². The Morgan fingerprint density at radius 2 is 2.00 bits per heavy atom. The zero-order valence-electron chi connectivity index (χ0n) is 11.7. The van der Waals surface area contributed by atoms with Crippen LogP contribution in [-0.4, -0.2) is 11.1 Å². The first kappa shape index (κ1) is 16.9. The fourth-order valence-corrected chi connectivity index (χ4v) is 1.95. The van der Waals surface area contributed by atoms with Gasteiger partial charge in [0.05, 0.1) is 0 Å². The monoisotopic (exact) mass is 252 g/mol. The van der Waals surface area contributed by atoms with Crippen molar-refractivity contribution in [3.8, 4) is 0 Å².